The lowest BCUT2D eigenvalue weighted by molar-refractivity contribution is 0.116. The lowest BCUT2D eigenvalue weighted by Gasteiger charge is -2.12. The molecule has 1 N–H and O–H groups in total. The predicted octanol–water partition coefficient (Wildman–Crippen LogP) is 3.42. The van der Waals surface area contributed by atoms with Crippen LogP contribution in [0.15, 0.2) is 30.6 Å². The fourth-order valence-corrected chi connectivity index (χ4v) is 3.24. The molecule has 0 saturated heterocycles. The van der Waals surface area contributed by atoms with E-state index in [-0.39, 0.29) is 0 Å². The smallest absolute Gasteiger partial charge is 0.103 e. The van der Waals surface area contributed by atoms with E-state index in [0.29, 0.717) is 5.92 Å². The van der Waals surface area contributed by atoms with Crippen LogP contribution in [-0.4, -0.2) is 33.2 Å². The van der Waals surface area contributed by atoms with Gasteiger partial charge in [0.25, 0.3) is 0 Å². The molecule has 0 spiro atoms. The Morgan fingerprint density at radius 3 is 3.22 bits per heavy atom. The highest BCUT2D eigenvalue weighted by Crippen LogP contribution is 2.28. The van der Waals surface area contributed by atoms with E-state index in [1.165, 1.54) is 10.9 Å². The van der Waals surface area contributed by atoms with Crippen LogP contribution in [0.2, 0.25) is 0 Å². The summed E-state index contributed by atoms with van der Waals surface area (Å²) >= 11 is 0. The highest BCUT2D eigenvalue weighted by atomic mass is 16.5. The third kappa shape index (κ3) is 3.01. The average Bonchev–Trinajstić information content (AvgIpc) is 3.16. The van der Waals surface area contributed by atoms with Crippen molar-refractivity contribution in [1.82, 2.24) is 20.0 Å². The van der Waals surface area contributed by atoms with E-state index in [1.807, 2.05) is 10.9 Å². The van der Waals surface area contributed by atoms with Crippen LogP contribution in [0.5, 0.6) is 0 Å². The van der Waals surface area contributed by atoms with Crippen LogP contribution in [0.25, 0.3) is 22.2 Å². The minimum atomic E-state index is 0.619. The summed E-state index contributed by atoms with van der Waals surface area (Å²) in [6, 6.07) is 6.60. The molecule has 1 aliphatic rings. The molecule has 1 atom stereocenters. The molecule has 2 aromatic heterocycles. The normalized spacial score (nSPS) is 19.6. The Balaban J connectivity index is 1.76. The van der Waals surface area contributed by atoms with E-state index >= 15 is 0 Å². The van der Waals surface area contributed by atoms with Crippen molar-refractivity contribution in [2.24, 2.45) is 5.92 Å². The van der Waals surface area contributed by atoms with E-state index in [0.717, 1.165) is 55.8 Å². The van der Waals surface area contributed by atoms with Gasteiger partial charge in [-0.1, -0.05) is 13.0 Å². The summed E-state index contributed by atoms with van der Waals surface area (Å²) < 4.78 is 7.74. The van der Waals surface area contributed by atoms with Crippen molar-refractivity contribution in [2.75, 3.05) is 13.2 Å². The molecule has 5 heteroatoms. The first-order chi connectivity index (χ1) is 11.3. The Morgan fingerprint density at radius 1 is 1.30 bits per heavy atom. The molecule has 0 saturated carbocycles. The highest BCUT2D eigenvalue weighted by molar-refractivity contribution is 5.93. The SMILES string of the molecule is C[C@@H]1CCOCCCn2cc(cn2)-c2n[nH]c3ccc(cc23)C1. The molecular weight excluding hydrogens is 288 g/mol. The van der Waals surface area contributed by atoms with E-state index in [9.17, 15) is 0 Å². The Hall–Kier alpha value is -2.14. The van der Waals surface area contributed by atoms with Crippen molar-refractivity contribution >= 4 is 10.9 Å². The molecule has 4 bridgehead atoms. The van der Waals surface area contributed by atoms with Gasteiger partial charge in [-0.2, -0.15) is 10.2 Å². The van der Waals surface area contributed by atoms with E-state index in [4.69, 9.17) is 4.74 Å². The predicted molar refractivity (Wildman–Crippen MR) is 90.2 cm³/mol. The molecule has 0 fully saturated rings. The fourth-order valence-electron chi connectivity index (χ4n) is 3.24. The second-order valence-electron chi connectivity index (χ2n) is 6.51. The molecule has 1 aliphatic heterocycles. The van der Waals surface area contributed by atoms with Crippen molar-refractivity contribution < 1.29 is 4.74 Å². The van der Waals surface area contributed by atoms with Gasteiger partial charge in [-0.05, 0) is 42.9 Å². The van der Waals surface area contributed by atoms with E-state index in [2.05, 4.69) is 46.6 Å². The maximum absolute atomic E-state index is 5.76. The van der Waals surface area contributed by atoms with Crippen molar-refractivity contribution in [3.05, 3.63) is 36.2 Å². The number of ether oxygens (including phenoxy) is 1. The van der Waals surface area contributed by atoms with Crippen LogP contribution >= 0.6 is 0 Å². The van der Waals surface area contributed by atoms with E-state index < -0.39 is 0 Å². The molecule has 0 unspecified atom stereocenters. The highest BCUT2D eigenvalue weighted by Gasteiger charge is 2.13. The van der Waals surface area contributed by atoms with Gasteiger partial charge in [-0.25, -0.2) is 0 Å². The molecule has 4 rings (SSSR count). The number of aryl methyl sites for hydroxylation is 1. The summed E-state index contributed by atoms with van der Waals surface area (Å²) in [6.45, 7) is 4.81. The van der Waals surface area contributed by atoms with Gasteiger partial charge >= 0.3 is 0 Å². The average molecular weight is 310 g/mol. The Bertz CT molecular complexity index is 804. The van der Waals surface area contributed by atoms with Gasteiger partial charge in [0.05, 0.1) is 11.7 Å². The molecule has 3 heterocycles. The maximum atomic E-state index is 5.76. The van der Waals surface area contributed by atoms with Crippen molar-refractivity contribution in [3.63, 3.8) is 0 Å². The first-order valence-electron chi connectivity index (χ1n) is 8.37. The largest absolute Gasteiger partial charge is 0.381 e. The summed E-state index contributed by atoms with van der Waals surface area (Å²) in [5.74, 6) is 0.619. The Kier molecular flexibility index (Phi) is 3.87. The van der Waals surface area contributed by atoms with Crippen LogP contribution in [-0.2, 0) is 17.7 Å². The van der Waals surface area contributed by atoms with Crippen LogP contribution < -0.4 is 0 Å². The van der Waals surface area contributed by atoms with E-state index in [1.54, 1.807) is 0 Å². The fraction of sp³-hybridized carbons (Fsp3) is 0.444. The van der Waals surface area contributed by atoms with Gasteiger partial charge in [-0.3, -0.25) is 9.78 Å². The number of nitrogens with zero attached hydrogens (tertiary/aromatic N) is 3. The minimum Gasteiger partial charge on any atom is -0.381 e. The molecule has 1 aromatic carbocycles. The number of aromatic nitrogens is 4. The number of fused-ring (bicyclic) bond motifs is 4. The van der Waals surface area contributed by atoms with Crippen LogP contribution in [0, 0.1) is 5.92 Å². The first-order valence-corrected chi connectivity index (χ1v) is 8.37. The number of aromatic amines is 1. The third-order valence-corrected chi connectivity index (χ3v) is 4.55. The summed E-state index contributed by atoms with van der Waals surface area (Å²) in [4.78, 5) is 0. The summed E-state index contributed by atoms with van der Waals surface area (Å²) in [5.41, 5.74) is 4.50. The van der Waals surface area contributed by atoms with Gasteiger partial charge in [-0.15, -0.1) is 0 Å². The topological polar surface area (TPSA) is 55.7 Å². The lowest BCUT2D eigenvalue weighted by atomic mass is 9.97. The molecular formula is C18H22N4O. The third-order valence-electron chi connectivity index (χ3n) is 4.55. The lowest BCUT2D eigenvalue weighted by Crippen LogP contribution is -2.07. The zero-order chi connectivity index (χ0) is 15.6. The second kappa shape index (κ2) is 6.16. The number of rotatable bonds is 0. The Morgan fingerprint density at radius 2 is 2.26 bits per heavy atom. The second-order valence-corrected chi connectivity index (χ2v) is 6.51. The number of nitrogens with one attached hydrogen (secondary N) is 1. The molecule has 0 aliphatic carbocycles. The Labute approximate surface area is 135 Å². The maximum Gasteiger partial charge on any atom is 0.103 e. The monoisotopic (exact) mass is 310 g/mol. The number of hydrogen-bond acceptors (Lipinski definition) is 3. The number of hydrogen-bond donors (Lipinski definition) is 1. The van der Waals surface area contributed by atoms with Crippen molar-refractivity contribution in [3.8, 4) is 11.3 Å². The number of H-pyrrole nitrogens is 1. The molecule has 120 valence electrons. The van der Waals surface area contributed by atoms with Gasteiger partial charge < -0.3 is 4.74 Å². The zero-order valence-corrected chi connectivity index (χ0v) is 13.5. The van der Waals surface area contributed by atoms with Crippen LogP contribution in [0.3, 0.4) is 0 Å². The van der Waals surface area contributed by atoms with Gasteiger partial charge in [0.2, 0.25) is 0 Å². The molecule has 3 aromatic rings. The molecule has 5 nitrogen and oxygen atoms in total. The standard InChI is InChI=1S/C18H22N4O/c1-13-5-8-23-7-2-6-22-12-15(11-19-22)18-16-10-14(9-13)3-4-17(16)20-21-18/h3-4,10-13H,2,5-9H2,1H3,(H,20,21)/t13-/m1/s1. The van der Waals surface area contributed by atoms with Crippen molar-refractivity contribution in [1.29, 1.82) is 0 Å². The summed E-state index contributed by atoms with van der Waals surface area (Å²) in [7, 11) is 0. The van der Waals surface area contributed by atoms with Crippen LogP contribution in [0.4, 0.5) is 0 Å². The van der Waals surface area contributed by atoms with Crippen LogP contribution in [0.1, 0.15) is 25.3 Å². The summed E-state index contributed by atoms with van der Waals surface area (Å²) in [6.07, 6.45) is 7.13. The summed E-state index contributed by atoms with van der Waals surface area (Å²) in [5, 5.41) is 13.3. The first kappa shape index (κ1) is 14.5. The molecule has 23 heavy (non-hydrogen) atoms. The zero-order valence-electron chi connectivity index (χ0n) is 13.5. The molecule has 0 amide bonds. The van der Waals surface area contributed by atoms with Crippen molar-refractivity contribution in [2.45, 2.75) is 32.7 Å². The quantitative estimate of drug-likeness (QED) is 0.692. The van der Waals surface area contributed by atoms with Gasteiger partial charge in [0.15, 0.2) is 0 Å². The van der Waals surface area contributed by atoms with Gasteiger partial charge in [0.1, 0.15) is 5.69 Å². The molecule has 0 radical (unpaired) electrons. The van der Waals surface area contributed by atoms with Gasteiger partial charge in [0, 0.05) is 36.9 Å². The minimum absolute atomic E-state index is 0.619. The number of benzene rings is 1.